The minimum atomic E-state index is -0.692. The van der Waals surface area contributed by atoms with Crippen LogP contribution in [-0.4, -0.2) is 21.1 Å². The molecule has 0 heterocycles. The van der Waals surface area contributed by atoms with Crippen molar-refractivity contribution in [1.82, 2.24) is 0 Å². The zero-order valence-electron chi connectivity index (χ0n) is 6.11. The van der Waals surface area contributed by atoms with Crippen LogP contribution >= 0.6 is 0 Å². The van der Waals surface area contributed by atoms with E-state index in [1.165, 1.54) is 10.6 Å². The highest BCUT2D eigenvalue weighted by molar-refractivity contribution is 6.51. The van der Waals surface area contributed by atoms with Crippen LogP contribution in [0.25, 0.3) is 0 Å². The van der Waals surface area contributed by atoms with Crippen molar-refractivity contribution in [3.8, 4) is 0 Å². The lowest BCUT2D eigenvalue weighted by Gasteiger charge is -2.04. The highest BCUT2D eigenvalue weighted by Crippen LogP contribution is 1.98. The lowest BCUT2D eigenvalue weighted by molar-refractivity contribution is 0.343. The van der Waals surface area contributed by atoms with E-state index in [1.54, 1.807) is 0 Å². The third-order valence-electron chi connectivity index (χ3n) is 1.31. The zero-order valence-corrected chi connectivity index (χ0v) is 7.26. The Hall–Kier alpha value is 0.492. The van der Waals surface area contributed by atoms with E-state index in [2.05, 4.69) is 20.8 Å². The van der Waals surface area contributed by atoms with Gasteiger partial charge in [-0.25, -0.2) is 0 Å². The van der Waals surface area contributed by atoms with E-state index in [0.29, 0.717) is 0 Å². The molecule has 0 saturated heterocycles. The second kappa shape index (κ2) is 5.63. The molecular weight excluding hydrogens is 115 g/mol. The van der Waals surface area contributed by atoms with E-state index in [4.69, 9.17) is 3.79 Å². The van der Waals surface area contributed by atoms with Crippen LogP contribution in [0.2, 0.25) is 10.6 Å². The molecule has 0 atom stereocenters. The fraction of sp³-hybridized carbons (Fsp3) is 1.00. The number of hydrogen-bond acceptors (Lipinski definition) is 1. The van der Waals surface area contributed by atoms with Gasteiger partial charge in [0.1, 0.15) is 0 Å². The van der Waals surface area contributed by atoms with E-state index < -0.39 is 14.5 Å². The van der Waals surface area contributed by atoms with Crippen molar-refractivity contribution >= 4 is 14.5 Å². The molecule has 8 heavy (non-hydrogen) atoms. The molecule has 0 bridgehead atoms. The molecule has 48 valence electrons. The molecule has 0 aromatic rings. The van der Waals surface area contributed by atoms with E-state index in [1.807, 2.05) is 0 Å². The summed E-state index contributed by atoms with van der Waals surface area (Å²) in [5.41, 5.74) is 0. The van der Waals surface area contributed by atoms with Gasteiger partial charge in [0.2, 0.25) is 0 Å². The van der Waals surface area contributed by atoms with E-state index in [9.17, 15) is 0 Å². The summed E-state index contributed by atoms with van der Waals surface area (Å²) in [6, 6.07) is 0. The van der Waals surface area contributed by atoms with Gasteiger partial charge in [-0.15, -0.1) is 0 Å². The summed E-state index contributed by atoms with van der Waals surface area (Å²) in [6.07, 6.45) is 0. The van der Waals surface area contributed by atoms with Crippen LogP contribution in [0.3, 0.4) is 0 Å². The highest BCUT2D eigenvalue weighted by Gasteiger charge is 2.12. The van der Waals surface area contributed by atoms with Crippen molar-refractivity contribution in [3.05, 3.63) is 0 Å². The Morgan fingerprint density at radius 3 is 1.75 bits per heavy atom. The first kappa shape index (κ1) is 8.49. The Labute approximate surface area is 56.8 Å². The molecule has 0 radical (unpaired) electrons. The zero-order chi connectivity index (χ0) is 6.41. The third kappa shape index (κ3) is 3.49. The van der Waals surface area contributed by atoms with Crippen LogP contribution in [0.4, 0.5) is 0 Å². The van der Waals surface area contributed by atoms with Crippen molar-refractivity contribution in [3.63, 3.8) is 0 Å². The largest absolute Gasteiger partial charge is 0.501 e. The van der Waals surface area contributed by atoms with Gasteiger partial charge in [0.05, 0.1) is 0 Å². The first-order valence-electron chi connectivity index (χ1n) is 3.46. The first-order valence-corrected chi connectivity index (χ1v) is 5.57. The molecule has 0 rings (SSSR count). The second-order valence-electron chi connectivity index (χ2n) is 1.89. The molecule has 0 aromatic carbocycles. The molecule has 2 heteroatoms. The summed E-state index contributed by atoms with van der Waals surface area (Å²) in [4.78, 5) is 0. The van der Waals surface area contributed by atoms with Crippen LogP contribution in [0.1, 0.15) is 20.8 Å². The van der Waals surface area contributed by atoms with Gasteiger partial charge < -0.3 is 3.79 Å². The Balaban J connectivity index is 3.07. The predicted molar refractivity (Wildman–Crippen MR) is 38.3 cm³/mol. The maximum atomic E-state index is 5.48. The number of rotatable bonds is 4. The average molecular weight is 130 g/mol. The maximum Gasteiger partial charge on any atom is 0.460 e. The molecule has 0 aliphatic carbocycles. The predicted octanol–water partition coefficient (Wildman–Crippen LogP) is 2.05. The second-order valence-corrected chi connectivity index (χ2v) is 5.10. The van der Waals surface area contributed by atoms with Crippen molar-refractivity contribution < 1.29 is 3.79 Å². The van der Waals surface area contributed by atoms with Gasteiger partial charge >= 0.3 is 14.5 Å². The fourth-order valence-electron chi connectivity index (χ4n) is 0.760. The van der Waals surface area contributed by atoms with Gasteiger partial charge in [0.25, 0.3) is 0 Å². The minimum Gasteiger partial charge on any atom is -0.501 e. The monoisotopic (exact) mass is 130 g/mol. The van der Waals surface area contributed by atoms with Crippen LogP contribution in [0, 0.1) is 0 Å². The summed E-state index contributed by atoms with van der Waals surface area (Å²) >= 11 is -0.692. The lowest BCUT2D eigenvalue weighted by atomic mass is 10.9. The average Bonchev–Trinajstić information content (AvgIpc) is 1.83. The summed E-state index contributed by atoms with van der Waals surface area (Å²) in [6.45, 7) is 7.43. The third-order valence-corrected chi connectivity index (χ3v) is 3.94. The van der Waals surface area contributed by atoms with Crippen LogP contribution in [-0.2, 0) is 3.79 Å². The Morgan fingerprint density at radius 2 is 1.62 bits per heavy atom. The Morgan fingerprint density at radius 1 is 1.12 bits per heavy atom. The van der Waals surface area contributed by atoms with Gasteiger partial charge in [-0.1, -0.05) is 24.4 Å². The first-order chi connectivity index (χ1) is 3.85. The van der Waals surface area contributed by atoms with Crippen molar-refractivity contribution in [2.24, 2.45) is 0 Å². The molecule has 0 aliphatic rings. The van der Waals surface area contributed by atoms with Gasteiger partial charge in [-0.3, -0.25) is 0 Å². The van der Waals surface area contributed by atoms with Gasteiger partial charge in [-0.2, -0.15) is 0 Å². The standard InChI is InChI=1S/C2H5O.2C2H5.Al/c1-2-3;2*1-2;/h2H2,1H3;2*1H2,2H3;/q-1;;;+1. The summed E-state index contributed by atoms with van der Waals surface area (Å²) in [5.74, 6) is 0. The molecule has 1 nitrogen and oxygen atoms in total. The van der Waals surface area contributed by atoms with E-state index in [0.717, 1.165) is 6.61 Å². The lowest BCUT2D eigenvalue weighted by Crippen LogP contribution is -2.14. The van der Waals surface area contributed by atoms with Gasteiger partial charge in [0, 0.05) is 6.61 Å². The van der Waals surface area contributed by atoms with Crippen LogP contribution < -0.4 is 0 Å². The topological polar surface area (TPSA) is 9.23 Å². The van der Waals surface area contributed by atoms with Crippen molar-refractivity contribution in [1.29, 1.82) is 0 Å². The minimum absolute atomic E-state index is 0.692. The molecule has 0 aromatic heterocycles. The summed E-state index contributed by atoms with van der Waals surface area (Å²) < 4.78 is 5.48. The SMILES string of the molecule is CC[O][Al]([CH2]C)[CH2]C. The number of hydrogen-bond donors (Lipinski definition) is 0. The molecule has 0 saturated carbocycles. The molecule has 0 fully saturated rings. The smallest absolute Gasteiger partial charge is 0.460 e. The van der Waals surface area contributed by atoms with Crippen molar-refractivity contribution in [2.75, 3.05) is 6.61 Å². The van der Waals surface area contributed by atoms with Gasteiger partial charge in [-0.05, 0) is 6.92 Å². The Kier molecular flexibility index (Phi) is 5.97. The van der Waals surface area contributed by atoms with E-state index >= 15 is 0 Å². The quantitative estimate of drug-likeness (QED) is 0.529. The maximum absolute atomic E-state index is 5.48. The molecular formula is C6H15AlO. The summed E-state index contributed by atoms with van der Waals surface area (Å²) in [5, 5.41) is 2.56. The van der Waals surface area contributed by atoms with Gasteiger partial charge in [0.15, 0.2) is 0 Å². The molecule has 0 spiro atoms. The van der Waals surface area contributed by atoms with Crippen LogP contribution in [0.15, 0.2) is 0 Å². The van der Waals surface area contributed by atoms with Crippen LogP contribution in [0.5, 0.6) is 0 Å². The molecule has 0 amide bonds. The molecule has 0 aliphatic heterocycles. The highest BCUT2D eigenvalue weighted by atomic mass is 27.2. The fourth-order valence-corrected chi connectivity index (χ4v) is 2.28. The summed E-state index contributed by atoms with van der Waals surface area (Å²) in [7, 11) is 0. The van der Waals surface area contributed by atoms with Crippen molar-refractivity contribution in [2.45, 2.75) is 31.3 Å². The van der Waals surface area contributed by atoms with E-state index in [-0.39, 0.29) is 0 Å². The Bertz CT molecular complexity index is 43.8. The normalized spacial score (nSPS) is 9.38. The molecule has 0 N–H and O–H groups in total. The molecule has 0 unspecified atom stereocenters.